The first-order valence-electron chi connectivity index (χ1n) is 11.2. The molecule has 4 aromatic rings. The highest BCUT2D eigenvalue weighted by molar-refractivity contribution is 8.18. The van der Waals surface area contributed by atoms with E-state index < -0.39 is 0 Å². The number of aromatic nitrogens is 1. The van der Waals surface area contributed by atoms with Crippen LogP contribution in [0.15, 0.2) is 83.9 Å². The average Bonchev–Trinajstić information content (AvgIpc) is 3.33. The topological polar surface area (TPSA) is 51.5 Å². The summed E-state index contributed by atoms with van der Waals surface area (Å²) in [7, 11) is 0. The highest BCUT2D eigenvalue weighted by Gasteiger charge is 2.35. The summed E-state index contributed by atoms with van der Waals surface area (Å²) in [6.45, 7) is 3.12. The minimum absolute atomic E-state index is 0.203. The van der Waals surface area contributed by atoms with Crippen molar-refractivity contribution in [3.05, 3.63) is 106 Å². The number of aryl methyl sites for hydroxylation is 1. The minimum Gasteiger partial charge on any atom is -0.492 e. The Balaban J connectivity index is 1.34. The summed E-state index contributed by atoms with van der Waals surface area (Å²) >= 11 is 6.99. The lowest BCUT2D eigenvalue weighted by atomic mass is 10.1. The molecule has 0 saturated carbocycles. The predicted octanol–water partition coefficient (Wildman–Crippen LogP) is 6.77. The van der Waals surface area contributed by atoms with E-state index in [1.54, 1.807) is 0 Å². The molecular formula is C28H23ClN2O3S. The molecule has 5 rings (SSSR count). The summed E-state index contributed by atoms with van der Waals surface area (Å²) < 4.78 is 7.85. The van der Waals surface area contributed by atoms with Gasteiger partial charge in [0.25, 0.3) is 11.1 Å². The van der Waals surface area contributed by atoms with Crippen molar-refractivity contribution >= 4 is 51.5 Å². The molecule has 0 spiro atoms. The van der Waals surface area contributed by atoms with E-state index >= 15 is 0 Å². The number of imide groups is 1. The lowest BCUT2D eigenvalue weighted by molar-refractivity contribution is -0.123. The second kappa shape index (κ2) is 10.0. The van der Waals surface area contributed by atoms with Gasteiger partial charge in [0, 0.05) is 34.2 Å². The first kappa shape index (κ1) is 23.3. The number of amides is 2. The maximum absolute atomic E-state index is 13.0. The molecule has 2 amide bonds. The highest BCUT2D eigenvalue weighted by Crippen LogP contribution is 2.34. The van der Waals surface area contributed by atoms with Gasteiger partial charge in [-0.1, -0.05) is 59.6 Å². The lowest BCUT2D eigenvalue weighted by Crippen LogP contribution is -2.32. The molecule has 0 atom stereocenters. The predicted molar refractivity (Wildman–Crippen MR) is 142 cm³/mol. The number of nitrogens with zero attached hydrogens (tertiary/aromatic N) is 2. The molecule has 1 saturated heterocycles. The van der Waals surface area contributed by atoms with Crippen LogP contribution in [-0.2, 0) is 11.3 Å². The monoisotopic (exact) mass is 502 g/mol. The van der Waals surface area contributed by atoms with Crippen molar-refractivity contribution in [3.63, 3.8) is 0 Å². The number of rotatable bonds is 7. The SMILES string of the molecule is Cc1ccc(OCCN2C(=O)S/C(=C\c3cn(Cc4ccc(Cl)cc4)c4ccccc34)C2=O)cc1. The van der Waals surface area contributed by atoms with Crippen molar-refractivity contribution in [2.24, 2.45) is 0 Å². The zero-order valence-electron chi connectivity index (χ0n) is 19.1. The van der Waals surface area contributed by atoms with Crippen LogP contribution in [0.5, 0.6) is 5.75 Å². The normalized spacial score (nSPS) is 14.9. The maximum atomic E-state index is 13.0. The summed E-state index contributed by atoms with van der Waals surface area (Å²) in [5, 5.41) is 1.45. The van der Waals surface area contributed by atoms with Gasteiger partial charge >= 0.3 is 0 Å². The van der Waals surface area contributed by atoms with Crippen LogP contribution < -0.4 is 4.74 Å². The number of halogens is 1. The van der Waals surface area contributed by atoms with E-state index in [1.165, 1.54) is 4.90 Å². The van der Waals surface area contributed by atoms with Crippen LogP contribution in [0.25, 0.3) is 17.0 Å². The van der Waals surface area contributed by atoms with Crippen molar-refractivity contribution in [2.75, 3.05) is 13.2 Å². The number of thioether (sulfide) groups is 1. The standard InChI is InChI=1S/C28H23ClN2O3S/c1-19-6-12-23(13-7-19)34-15-14-31-27(32)26(35-28(31)33)16-21-18-30(25-5-3-2-4-24(21)25)17-20-8-10-22(29)11-9-20/h2-13,16,18H,14-15,17H2,1H3/b26-16-. The van der Waals surface area contributed by atoms with Gasteiger partial charge in [-0.25, -0.2) is 0 Å². The van der Waals surface area contributed by atoms with E-state index in [4.69, 9.17) is 16.3 Å². The Labute approximate surface area is 212 Å². The summed E-state index contributed by atoms with van der Waals surface area (Å²) in [5.41, 5.74) is 4.22. The van der Waals surface area contributed by atoms with Gasteiger partial charge in [0.2, 0.25) is 0 Å². The van der Waals surface area contributed by atoms with Gasteiger partial charge < -0.3 is 9.30 Å². The van der Waals surface area contributed by atoms with Crippen LogP contribution in [0, 0.1) is 6.92 Å². The second-order valence-corrected chi connectivity index (χ2v) is 9.78. The van der Waals surface area contributed by atoms with Crippen molar-refractivity contribution in [3.8, 4) is 5.75 Å². The Morgan fingerprint density at radius 2 is 1.71 bits per heavy atom. The van der Waals surface area contributed by atoms with E-state index in [2.05, 4.69) is 10.6 Å². The molecule has 35 heavy (non-hydrogen) atoms. The number of para-hydroxylation sites is 1. The number of ether oxygens (including phenoxy) is 1. The van der Waals surface area contributed by atoms with Crippen LogP contribution >= 0.6 is 23.4 Å². The number of carbonyl (C=O) groups excluding carboxylic acids is 2. The Hall–Kier alpha value is -3.48. The molecular weight excluding hydrogens is 480 g/mol. The Morgan fingerprint density at radius 1 is 0.971 bits per heavy atom. The van der Waals surface area contributed by atoms with E-state index in [0.717, 1.165) is 39.4 Å². The third kappa shape index (κ3) is 5.14. The zero-order chi connectivity index (χ0) is 24.4. The first-order valence-corrected chi connectivity index (χ1v) is 12.4. The van der Waals surface area contributed by atoms with Crippen LogP contribution in [0.4, 0.5) is 4.79 Å². The van der Waals surface area contributed by atoms with Crippen molar-refractivity contribution in [1.29, 1.82) is 0 Å². The molecule has 0 radical (unpaired) electrons. The molecule has 2 heterocycles. The van der Waals surface area contributed by atoms with Crippen molar-refractivity contribution in [2.45, 2.75) is 13.5 Å². The molecule has 0 bridgehead atoms. The van der Waals surface area contributed by atoms with Gasteiger partial charge in [0.15, 0.2) is 0 Å². The van der Waals surface area contributed by atoms with Crippen LogP contribution in [0.3, 0.4) is 0 Å². The number of benzene rings is 3. The first-order chi connectivity index (χ1) is 17.0. The number of hydrogen-bond acceptors (Lipinski definition) is 4. The van der Waals surface area contributed by atoms with E-state index in [9.17, 15) is 9.59 Å². The molecule has 1 aromatic heterocycles. The molecule has 0 unspecified atom stereocenters. The quantitative estimate of drug-likeness (QED) is 0.262. The summed E-state index contributed by atoms with van der Waals surface area (Å²) in [6.07, 6.45) is 3.83. The average molecular weight is 503 g/mol. The molecule has 1 aliphatic heterocycles. The summed E-state index contributed by atoms with van der Waals surface area (Å²) in [4.78, 5) is 27.2. The molecule has 1 fully saturated rings. The van der Waals surface area contributed by atoms with Gasteiger partial charge in [-0.15, -0.1) is 0 Å². The minimum atomic E-state index is -0.290. The van der Waals surface area contributed by atoms with Crippen LogP contribution in [0.2, 0.25) is 5.02 Å². The van der Waals surface area contributed by atoms with E-state index in [0.29, 0.717) is 22.2 Å². The fraction of sp³-hybridized carbons (Fsp3) is 0.143. The Morgan fingerprint density at radius 3 is 2.49 bits per heavy atom. The fourth-order valence-electron chi connectivity index (χ4n) is 4.03. The fourth-order valence-corrected chi connectivity index (χ4v) is 5.01. The highest BCUT2D eigenvalue weighted by atomic mass is 35.5. The third-order valence-electron chi connectivity index (χ3n) is 5.85. The molecule has 3 aromatic carbocycles. The Kier molecular flexibility index (Phi) is 6.66. The molecule has 0 N–H and O–H groups in total. The van der Waals surface area contributed by atoms with E-state index in [1.807, 2.05) is 85.9 Å². The molecule has 1 aliphatic rings. The van der Waals surface area contributed by atoms with E-state index in [-0.39, 0.29) is 24.3 Å². The van der Waals surface area contributed by atoms with Gasteiger partial charge in [-0.05, 0) is 60.7 Å². The van der Waals surface area contributed by atoms with Gasteiger partial charge in [0.05, 0.1) is 11.4 Å². The van der Waals surface area contributed by atoms with Gasteiger partial charge in [0.1, 0.15) is 12.4 Å². The molecule has 7 heteroatoms. The molecule has 5 nitrogen and oxygen atoms in total. The second-order valence-electron chi connectivity index (χ2n) is 8.35. The van der Waals surface area contributed by atoms with Crippen molar-refractivity contribution < 1.29 is 14.3 Å². The summed E-state index contributed by atoms with van der Waals surface area (Å²) in [6, 6.07) is 23.5. The largest absolute Gasteiger partial charge is 0.492 e. The lowest BCUT2D eigenvalue weighted by Gasteiger charge is -2.13. The number of hydrogen-bond donors (Lipinski definition) is 0. The molecule has 0 aliphatic carbocycles. The van der Waals surface area contributed by atoms with Crippen molar-refractivity contribution in [1.82, 2.24) is 9.47 Å². The zero-order valence-corrected chi connectivity index (χ0v) is 20.7. The van der Waals surface area contributed by atoms with Crippen LogP contribution in [0.1, 0.15) is 16.7 Å². The van der Waals surface area contributed by atoms with Gasteiger partial charge in [-0.2, -0.15) is 0 Å². The third-order valence-corrected chi connectivity index (χ3v) is 7.01. The Bertz CT molecular complexity index is 1430. The summed E-state index contributed by atoms with van der Waals surface area (Å²) in [5.74, 6) is 0.425. The van der Waals surface area contributed by atoms with Gasteiger partial charge in [-0.3, -0.25) is 14.5 Å². The van der Waals surface area contributed by atoms with Crippen LogP contribution in [-0.4, -0.2) is 33.8 Å². The molecule has 176 valence electrons. The smallest absolute Gasteiger partial charge is 0.293 e. The number of carbonyl (C=O) groups is 2. The number of fused-ring (bicyclic) bond motifs is 1. The maximum Gasteiger partial charge on any atom is 0.293 e.